The van der Waals surface area contributed by atoms with E-state index >= 15 is 0 Å². The van der Waals surface area contributed by atoms with E-state index in [1.807, 2.05) is 6.08 Å². The lowest BCUT2D eigenvalue weighted by Crippen LogP contribution is -2.57. The first-order valence-corrected chi connectivity index (χ1v) is 7.90. The van der Waals surface area contributed by atoms with Crippen molar-refractivity contribution in [2.24, 2.45) is 23.2 Å². The molecule has 0 amide bonds. The third kappa shape index (κ3) is 1.96. The van der Waals surface area contributed by atoms with Crippen molar-refractivity contribution >= 4 is 5.97 Å². The van der Waals surface area contributed by atoms with E-state index < -0.39 is 5.60 Å². The third-order valence-corrected chi connectivity index (χ3v) is 6.13. The lowest BCUT2D eigenvalue weighted by atomic mass is 9.45. The summed E-state index contributed by atoms with van der Waals surface area (Å²) in [7, 11) is 0. The molecule has 4 fully saturated rings. The highest BCUT2D eigenvalue weighted by Crippen LogP contribution is 2.64. The minimum atomic E-state index is -0.543. The van der Waals surface area contributed by atoms with Crippen LogP contribution in [0.4, 0.5) is 0 Å². The van der Waals surface area contributed by atoms with Crippen LogP contribution < -0.4 is 0 Å². The molecule has 110 valence electrons. The Morgan fingerprint density at radius 3 is 2.00 bits per heavy atom. The molecule has 4 aliphatic carbocycles. The maximum atomic E-state index is 12.0. The van der Waals surface area contributed by atoms with Crippen LogP contribution in [0.5, 0.6) is 0 Å². The summed E-state index contributed by atoms with van der Waals surface area (Å²) in [5, 5.41) is 0. The highest BCUT2D eigenvalue weighted by Gasteiger charge is 2.59. The average Bonchev–Trinajstić information content (AvgIpc) is 2.36. The molecular formula is C18H26O2. The fourth-order valence-corrected chi connectivity index (χ4v) is 5.36. The van der Waals surface area contributed by atoms with E-state index in [2.05, 4.69) is 20.1 Å². The van der Waals surface area contributed by atoms with Gasteiger partial charge in [0.05, 0.1) is 0 Å². The zero-order valence-electron chi connectivity index (χ0n) is 12.8. The molecular weight excluding hydrogens is 248 g/mol. The van der Waals surface area contributed by atoms with Crippen molar-refractivity contribution in [1.29, 1.82) is 0 Å². The highest BCUT2D eigenvalue weighted by atomic mass is 16.6. The number of carbonyl (C=O) groups is 1. The lowest BCUT2D eigenvalue weighted by Gasteiger charge is -2.61. The van der Waals surface area contributed by atoms with Crippen LogP contribution in [0.1, 0.15) is 52.4 Å². The predicted octanol–water partition coefficient (Wildman–Crippen LogP) is 4.27. The number of esters is 1. The van der Waals surface area contributed by atoms with Crippen LogP contribution in [0.3, 0.4) is 0 Å². The molecule has 0 aliphatic heterocycles. The van der Waals surface area contributed by atoms with Gasteiger partial charge in [-0.25, -0.2) is 4.79 Å². The molecule has 0 aromatic heterocycles. The molecule has 4 saturated carbocycles. The quantitative estimate of drug-likeness (QED) is 0.435. The summed E-state index contributed by atoms with van der Waals surface area (Å²) in [4.78, 5) is 12.0. The van der Waals surface area contributed by atoms with Gasteiger partial charge in [0, 0.05) is 11.0 Å². The zero-order chi connectivity index (χ0) is 14.5. The second-order valence-electron chi connectivity index (χ2n) is 7.68. The van der Waals surface area contributed by atoms with Crippen LogP contribution in [0.25, 0.3) is 0 Å². The maximum Gasteiger partial charge on any atom is 0.333 e. The third-order valence-electron chi connectivity index (χ3n) is 6.13. The predicted molar refractivity (Wildman–Crippen MR) is 80.1 cm³/mol. The number of carbonyl (C=O) groups excluding carboxylic acids is 1. The normalized spacial score (nSPS) is 41.0. The van der Waals surface area contributed by atoms with E-state index in [9.17, 15) is 4.79 Å². The molecule has 20 heavy (non-hydrogen) atoms. The Hall–Kier alpha value is -1.05. The Kier molecular flexibility index (Phi) is 3.11. The molecule has 0 radical (unpaired) electrons. The van der Waals surface area contributed by atoms with Gasteiger partial charge in [-0.05, 0) is 76.2 Å². The van der Waals surface area contributed by atoms with E-state index in [1.54, 1.807) is 6.92 Å². The van der Waals surface area contributed by atoms with Crippen LogP contribution in [-0.2, 0) is 9.53 Å². The van der Waals surface area contributed by atoms with Gasteiger partial charge in [-0.1, -0.05) is 13.2 Å². The largest absolute Gasteiger partial charge is 0.451 e. The Morgan fingerprint density at radius 1 is 1.20 bits per heavy atom. The molecule has 0 spiro atoms. The molecule has 0 aromatic rings. The van der Waals surface area contributed by atoms with Crippen molar-refractivity contribution in [1.82, 2.24) is 0 Å². The smallest absolute Gasteiger partial charge is 0.333 e. The van der Waals surface area contributed by atoms with Gasteiger partial charge in [-0.15, -0.1) is 0 Å². The molecule has 1 atom stereocenters. The van der Waals surface area contributed by atoms with Gasteiger partial charge in [0.2, 0.25) is 0 Å². The van der Waals surface area contributed by atoms with Crippen molar-refractivity contribution in [3.05, 3.63) is 24.8 Å². The molecule has 0 N–H and O–H groups in total. The fraction of sp³-hybridized carbons (Fsp3) is 0.722. The molecule has 0 saturated heterocycles. The van der Waals surface area contributed by atoms with E-state index in [4.69, 9.17) is 4.74 Å². The van der Waals surface area contributed by atoms with Gasteiger partial charge in [0.1, 0.15) is 5.60 Å². The zero-order valence-corrected chi connectivity index (χ0v) is 12.8. The molecule has 0 aromatic carbocycles. The summed E-state index contributed by atoms with van der Waals surface area (Å²) >= 11 is 0. The minimum Gasteiger partial charge on any atom is -0.451 e. The topological polar surface area (TPSA) is 26.3 Å². The number of ether oxygens (including phenoxy) is 1. The molecule has 1 unspecified atom stereocenters. The average molecular weight is 274 g/mol. The molecule has 2 heteroatoms. The van der Waals surface area contributed by atoms with E-state index in [0.717, 1.165) is 17.8 Å². The first-order valence-electron chi connectivity index (χ1n) is 7.90. The Balaban J connectivity index is 1.90. The van der Waals surface area contributed by atoms with Gasteiger partial charge < -0.3 is 4.74 Å². The van der Waals surface area contributed by atoms with Crippen LogP contribution in [-0.4, -0.2) is 11.6 Å². The van der Waals surface area contributed by atoms with E-state index in [0.29, 0.717) is 5.57 Å². The van der Waals surface area contributed by atoms with E-state index in [-0.39, 0.29) is 11.4 Å². The summed E-state index contributed by atoms with van der Waals surface area (Å²) in [5.41, 5.74) is 0.0519. The fourth-order valence-electron chi connectivity index (χ4n) is 5.36. The Bertz CT molecular complexity index is 427. The van der Waals surface area contributed by atoms with Crippen LogP contribution in [0.2, 0.25) is 0 Å². The summed E-state index contributed by atoms with van der Waals surface area (Å²) in [5.74, 6) is 2.24. The second kappa shape index (κ2) is 4.47. The number of rotatable bonds is 4. The van der Waals surface area contributed by atoms with Crippen LogP contribution in [0, 0.1) is 23.2 Å². The van der Waals surface area contributed by atoms with Gasteiger partial charge in [-0.3, -0.25) is 0 Å². The summed E-state index contributed by atoms with van der Waals surface area (Å²) < 4.78 is 5.88. The molecule has 4 rings (SSSR count). The summed E-state index contributed by atoms with van der Waals surface area (Å²) in [6, 6.07) is 0. The monoisotopic (exact) mass is 274 g/mol. The molecule has 0 heterocycles. The van der Waals surface area contributed by atoms with Crippen LogP contribution >= 0.6 is 0 Å². The number of hydrogen-bond donors (Lipinski definition) is 0. The van der Waals surface area contributed by atoms with Crippen LogP contribution in [0.15, 0.2) is 24.8 Å². The standard InChI is InChI=1S/C18H26O2/c1-5-17(4,20-16(19)12(2)3)18-9-13-6-14(10-18)8-15(7-13)11-18/h5,13-15H,1-2,6-11H2,3-4H3. The van der Waals surface area contributed by atoms with Crippen molar-refractivity contribution in [2.75, 3.05) is 0 Å². The Labute approximate surface area is 122 Å². The van der Waals surface area contributed by atoms with Crippen molar-refractivity contribution in [2.45, 2.75) is 58.0 Å². The van der Waals surface area contributed by atoms with Gasteiger partial charge >= 0.3 is 5.97 Å². The van der Waals surface area contributed by atoms with Crippen molar-refractivity contribution in [3.8, 4) is 0 Å². The molecule has 4 aliphatic rings. The van der Waals surface area contributed by atoms with Crippen molar-refractivity contribution in [3.63, 3.8) is 0 Å². The summed E-state index contributed by atoms with van der Waals surface area (Å²) in [6.07, 6.45) is 9.64. The lowest BCUT2D eigenvalue weighted by molar-refractivity contribution is -0.186. The highest BCUT2D eigenvalue weighted by molar-refractivity contribution is 5.87. The Morgan fingerprint density at radius 2 is 1.65 bits per heavy atom. The van der Waals surface area contributed by atoms with Gasteiger partial charge in [0.25, 0.3) is 0 Å². The maximum absolute atomic E-state index is 12.0. The van der Waals surface area contributed by atoms with Crippen molar-refractivity contribution < 1.29 is 9.53 Å². The SMILES string of the molecule is C=CC(C)(OC(=O)C(=C)C)C12CC3CC(CC(C3)C1)C2. The minimum absolute atomic E-state index is 0.120. The van der Waals surface area contributed by atoms with Gasteiger partial charge in [-0.2, -0.15) is 0 Å². The first kappa shape index (κ1) is 13.9. The van der Waals surface area contributed by atoms with Gasteiger partial charge in [0.15, 0.2) is 0 Å². The molecule has 4 bridgehead atoms. The second-order valence-corrected chi connectivity index (χ2v) is 7.68. The first-order chi connectivity index (χ1) is 9.37. The number of hydrogen-bond acceptors (Lipinski definition) is 2. The van der Waals surface area contributed by atoms with E-state index in [1.165, 1.54) is 38.5 Å². The summed E-state index contributed by atoms with van der Waals surface area (Å²) in [6.45, 7) is 11.5. The molecule has 2 nitrogen and oxygen atoms in total.